The van der Waals surface area contributed by atoms with Gasteiger partial charge in [0.15, 0.2) is 6.61 Å². The van der Waals surface area contributed by atoms with Crippen LogP contribution >= 0.6 is 0 Å². The molecule has 0 unspecified atom stereocenters. The van der Waals surface area contributed by atoms with Crippen LogP contribution in [0.1, 0.15) is 15.9 Å². The molecule has 2 aromatic carbocycles. The number of para-hydroxylation sites is 1. The van der Waals surface area contributed by atoms with E-state index in [1.54, 1.807) is 18.2 Å². The van der Waals surface area contributed by atoms with Crippen molar-refractivity contribution in [3.05, 3.63) is 53.6 Å². The van der Waals surface area contributed by atoms with Gasteiger partial charge in [-0.3, -0.25) is 4.79 Å². The van der Waals surface area contributed by atoms with Crippen molar-refractivity contribution >= 4 is 17.6 Å². The molecule has 162 valence electrons. The number of halogens is 3. The number of nitrogens with one attached hydrogen (secondary N) is 1. The quantitative estimate of drug-likeness (QED) is 0.487. The lowest BCUT2D eigenvalue weighted by Gasteiger charge is -2.15. The molecule has 0 aromatic heterocycles. The van der Waals surface area contributed by atoms with E-state index in [4.69, 9.17) is 18.9 Å². The Balaban J connectivity index is 2.09. The zero-order chi connectivity index (χ0) is 22.1. The molecule has 0 bridgehead atoms. The Kier molecular flexibility index (Phi) is 8.05. The fourth-order valence-corrected chi connectivity index (χ4v) is 2.37. The van der Waals surface area contributed by atoms with Gasteiger partial charge in [0.1, 0.15) is 23.7 Å². The number of amides is 1. The average Bonchev–Trinajstić information content (AvgIpc) is 2.72. The van der Waals surface area contributed by atoms with E-state index in [0.29, 0.717) is 0 Å². The predicted octanol–water partition coefficient (Wildman–Crippen LogP) is 3.53. The molecule has 1 amide bonds. The Morgan fingerprint density at radius 3 is 2.40 bits per heavy atom. The number of anilines is 1. The van der Waals surface area contributed by atoms with Crippen molar-refractivity contribution in [2.24, 2.45) is 0 Å². The van der Waals surface area contributed by atoms with Crippen LogP contribution in [0.25, 0.3) is 0 Å². The molecule has 0 spiro atoms. The lowest BCUT2D eigenvalue weighted by Crippen LogP contribution is -2.22. The minimum Gasteiger partial charge on any atom is -0.496 e. The molecule has 7 nitrogen and oxygen atoms in total. The van der Waals surface area contributed by atoms with E-state index in [1.807, 2.05) is 0 Å². The van der Waals surface area contributed by atoms with E-state index in [-0.39, 0.29) is 36.0 Å². The molecule has 10 heteroatoms. The highest BCUT2D eigenvalue weighted by molar-refractivity contribution is 5.97. The molecule has 0 aliphatic rings. The first kappa shape index (κ1) is 23.0. The first-order valence-corrected chi connectivity index (χ1v) is 8.69. The Morgan fingerprint density at radius 1 is 1.00 bits per heavy atom. The van der Waals surface area contributed by atoms with Gasteiger partial charge in [-0.05, 0) is 30.3 Å². The molecule has 2 rings (SSSR count). The van der Waals surface area contributed by atoms with E-state index < -0.39 is 30.2 Å². The molecule has 0 radical (unpaired) electrons. The van der Waals surface area contributed by atoms with Crippen LogP contribution in [0.2, 0.25) is 0 Å². The van der Waals surface area contributed by atoms with Crippen LogP contribution in [-0.2, 0) is 20.4 Å². The normalized spacial score (nSPS) is 11.0. The third-order valence-electron chi connectivity index (χ3n) is 3.79. The standard InChI is InChI=1S/C20H20F3NO6/c1-27-9-10-29-17-8-7-13(20(21,22)23)11-15(17)24-18(25)12-30-19(26)14-5-3-4-6-16(14)28-2/h3-8,11H,9-10,12H2,1-2H3,(H,24,25). The second kappa shape index (κ2) is 10.5. The molecule has 0 atom stereocenters. The lowest BCUT2D eigenvalue weighted by atomic mass is 10.1. The highest BCUT2D eigenvalue weighted by Crippen LogP contribution is 2.35. The van der Waals surface area contributed by atoms with E-state index in [9.17, 15) is 22.8 Å². The van der Waals surface area contributed by atoms with Crippen LogP contribution in [0, 0.1) is 0 Å². The van der Waals surface area contributed by atoms with Crippen molar-refractivity contribution in [1.82, 2.24) is 0 Å². The molecule has 0 aliphatic heterocycles. The highest BCUT2D eigenvalue weighted by Gasteiger charge is 2.31. The maximum absolute atomic E-state index is 13.0. The number of ether oxygens (including phenoxy) is 4. The summed E-state index contributed by atoms with van der Waals surface area (Å²) < 4.78 is 59.1. The molecule has 2 aromatic rings. The van der Waals surface area contributed by atoms with Gasteiger partial charge < -0.3 is 24.3 Å². The summed E-state index contributed by atoms with van der Waals surface area (Å²) >= 11 is 0. The third kappa shape index (κ3) is 6.38. The van der Waals surface area contributed by atoms with Crippen LogP contribution in [0.3, 0.4) is 0 Å². The molecular weight excluding hydrogens is 407 g/mol. The van der Waals surface area contributed by atoms with Gasteiger partial charge in [0.05, 0.1) is 25.0 Å². The summed E-state index contributed by atoms with van der Waals surface area (Å²) in [4.78, 5) is 24.3. The predicted molar refractivity (Wildman–Crippen MR) is 101 cm³/mol. The number of hydrogen-bond acceptors (Lipinski definition) is 6. The summed E-state index contributed by atoms with van der Waals surface area (Å²) in [5, 5.41) is 2.27. The first-order chi connectivity index (χ1) is 14.3. The number of carbonyl (C=O) groups excluding carboxylic acids is 2. The molecular formula is C20H20F3NO6. The van der Waals surface area contributed by atoms with Crippen LogP contribution in [0.4, 0.5) is 18.9 Å². The van der Waals surface area contributed by atoms with Gasteiger partial charge >= 0.3 is 12.1 Å². The van der Waals surface area contributed by atoms with Gasteiger partial charge in [0.2, 0.25) is 0 Å². The number of hydrogen-bond donors (Lipinski definition) is 1. The summed E-state index contributed by atoms with van der Waals surface area (Å²) in [6, 6.07) is 8.90. The number of benzene rings is 2. The number of methoxy groups -OCH3 is 2. The summed E-state index contributed by atoms with van der Waals surface area (Å²) in [5.41, 5.74) is -1.07. The van der Waals surface area contributed by atoms with Gasteiger partial charge in [-0.1, -0.05) is 12.1 Å². The van der Waals surface area contributed by atoms with Crippen LogP contribution < -0.4 is 14.8 Å². The fraction of sp³-hybridized carbons (Fsp3) is 0.300. The van der Waals surface area contributed by atoms with Gasteiger partial charge in [0, 0.05) is 7.11 Å². The van der Waals surface area contributed by atoms with Gasteiger partial charge in [-0.15, -0.1) is 0 Å². The highest BCUT2D eigenvalue weighted by atomic mass is 19.4. The van der Waals surface area contributed by atoms with Gasteiger partial charge in [0.25, 0.3) is 5.91 Å². The molecule has 30 heavy (non-hydrogen) atoms. The molecule has 0 aliphatic carbocycles. The fourth-order valence-electron chi connectivity index (χ4n) is 2.37. The zero-order valence-electron chi connectivity index (χ0n) is 16.2. The van der Waals surface area contributed by atoms with Crippen molar-refractivity contribution in [1.29, 1.82) is 0 Å². The number of alkyl halides is 3. The second-order valence-corrected chi connectivity index (χ2v) is 5.87. The van der Waals surface area contributed by atoms with Crippen LogP contribution in [0.5, 0.6) is 11.5 Å². The van der Waals surface area contributed by atoms with Crippen molar-refractivity contribution in [2.45, 2.75) is 6.18 Å². The summed E-state index contributed by atoms with van der Waals surface area (Å²) in [7, 11) is 2.81. The summed E-state index contributed by atoms with van der Waals surface area (Å²) in [5.74, 6) is -1.38. The number of carbonyl (C=O) groups is 2. The van der Waals surface area contributed by atoms with E-state index >= 15 is 0 Å². The molecule has 0 fully saturated rings. The van der Waals surface area contributed by atoms with Crippen molar-refractivity contribution in [2.75, 3.05) is 39.4 Å². The number of esters is 1. The van der Waals surface area contributed by atoms with E-state index in [1.165, 1.54) is 20.3 Å². The Labute approximate surface area is 170 Å². The maximum Gasteiger partial charge on any atom is 0.416 e. The van der Waals surface area contributed by atoms with Crippen molar-refractivity contribution in [3.63, 3.8) is 0 Å². The van der Waals surface area contributed by atoms with E-state index in [0.717, 1.165) is 18.2 Å². The minimum atomic E-state index is -4.61. The van der Waals surface area contributed by atoms with Gasteiger partial charge in [-0.25, -0.2) is 4.79 Å². The van der Waals surface area contributed by atoms with E-state index in [2.05, 4.69) is 5.32 Å². The Bertz CT molecular complexity index is 885. The largest absolute Gasteiger partial charge is 0.496 e. The SMILES string of the molecule is COCCOc1ccc(C(F)(F)F)cc1NC(=O)COC(=O)c1ccccc1OC. The van der Waals surface area contributed by atoms with Crippen LogP contribution in [-0.4, -0.2) is 45.9 Å². The van der Waals surface area contributed by atoms with Crippen molar-refractivity contribution in [3.8, 4) is 11.5 Å². The molecule has 0 saturated heterocycles. The summed E-state index contributed by atoms with van der Waals surface area (Å²) in [6.45, 7) is -0.455. The molecule has 0 saturated carbocycles. The maximum atomic E-state index is 13.0. The van der Waals surface area contributed by atoms with Crippen LogP contribution in [0.15, 0.2) is 42.5 Å². The second-order valence-electron chi connectivity index (χ2n) is 5.87. The van der Waals surface area contributed by atoms with Crippen molar-refractivity contribution < 1.29 is 41.7 Å². The monoisotopic (exact) mass is 427 g/mol. The summed E-state index contributed by atoms with van der Waals surface area (Å²) in [6.07, 6.45) is -4.61. The lowest BCUT2D eigenvalue weighted by molar-refractivity contribution is -0.137. The third-order valence-corrected chi connectivity index (χ3v) is 3.79. The zero-order valence-corrected chi connectivity index (χ0v) is 16.2. The minimum absolute atomic E-state index is 0.0180. The molecule has 1 N–H and O–H groups in total. The Hall–Kier alpha value is -3.27. The first-order valence-electron chi connectivity index (χ1n) is 8.69. The van der Waals surface area contributed by atoms with Gasteiger partial charge in [-0.2, -0.15) is 13.2 Å². The number of rotatable bonds is 9. The molecule has 0 heterocycles. The smallest absolute Gasteiger partial charge is 0.416 e. The topological polar surface area (TPSA) is 83.1 Å². The Morgan fingerprint density at radius 2 is 1.73 bits per heavy atom. The average molecular weight is 427 g/mol.